The molecule has 10 heteroatoms. The van der Waals surface area contributed by atoms with Crippen LogP contribution in [-0.2, 0) is 21.1 Å². The van der Waals surface area contributed by atoms with E-state index in [1.165, 1.54) is 43.3 Å². The summed E-state index contributed by atoms with van der Waals surface area (Å²) in [6.07, 6.45) is -0.808. The van der Waals surface area contributed by atoms with Gasteiger partial charge in [-0.15, -0.1) is 0 Å². The van der Waals surface area contributed by atoms with Crippen molar-refractivity contribution in [3.8, 4) is 11.5 Å². The minimum absolute atomic E-state index is 0.100. The maximum absolute atomic E-state index is 12.6. The first kappa shape index (κ1) is 27.0. The van der Waals surface area contributed by atoms with Crippen molar-refractivity contribution in [2.75, 3.05) is 12.4 Å². The van der Waals surface area contributed by atoms with Crippen LogP contribution < -0.4 is 4.74 Å². The normalized spacial score (nSPS) is 12.2. The van der Waals surface area contributed by atoms with E-state index in [-0.39, 0.29) is 52.8 Å². The van der Waals surface area contributed by atoms with E-state index in [1.807, 2.05) is 6.92 Å². The van der Waals surface area contributed by atoms with E-state index in [4.69, 9.17) is 9.84 Å². The lowest BCUT2D eigenvalue weighted by Crippen LogP contribution is -2.27. The van der Waals surface area contributed by atoms with Gasteiger partial charge in [0.1, 0.15) is 24.2 Å². The molecule has 0 radical (unpaired) electrons. The van der Waals surface area contributed by atoms with E-state index in [0.29, 0.717) is 18.4 Å². The van der Waals surface area contributed by atoms with E-state index >= 15 is 0 Å². The van der Waals surface area contributed by atoms with Crippen LogP contribution in [0.15, 0.2) is 41.3 Å². The number of carbonyl (C=O) groups is 3. The van der Waals surface area contributed by atoms with Gasteiger partial charge in [-0.1, -0.05) is 25.5 Å². The Morgan fingerprint density at radius 1 is 1.03 bits per heavy atom. The summed E-state index contributed by atoms with van der Waals surface area (Å²) in [4.78, 5) is 34.1. The highest BCUT2D eigenvalue weighted by Crippen LogP contribution is 2.33. The van der Waals surface area contributed by atoms with Gasteiger partial charge in [-0.25, -0.2) is 8.42 Å². The summed E-state index contributed by atoms with van der Waals surface area (Å²) in [5.41, 5.74) is 0.763. The molecule has 0 aliphatic rings. The van der Waals surface area contributed by atoms with Crippen molar-refractivity contribution in [1.29, 1.82) is 0 Å². The lowest BCUT2D eigenvalue weighted by molar-refractivity contribution is -0.136. The maximum atomic E-state index is 12.6. The van der Waals surface area contributed by atoms with Crippen LogP contribution >= 0.6 is 0 Å². The number of carbonyl (C=O) groups excluding carboxylic acids is 2. The number of phenols is 1. The molecule has 9 nitrogen and oxygen atoms in total. The number of carboxylic acids is 1. The molecule has 184 valence electrons. The third-order valence-corrected chi connectivity index (χ3v) is 6.88. The second-order valence-corrected chi connectivity index (χ2v) is 9.87. The largest absolute Gasteiger partial charge is 0.507 e. The van der Waals surface area contributed by atoms with Crippen molar-refractivity contribution in [2.24, 2.45) is 0 Å². The van der Waals surface area contributed by atoms with Crippen molar-refractivity contribution >= 4 is 27.4 Å². The summed E-state index contributed by atoms with van der Waals surface area (Å²) < 4.78 is 30.8. The topological polar surface area (TPSA) is 155 Å². The molecule has 0 saturated heterocycles. The summed E-state index contributed by atoms with van der Waals surface area (Å²) >= 11 is 0. The van der Waals surface area contributed by atoms with Crippen LogP contribution in [0.25, 0.3) is 0 Å². The van der Waals surface area contributed by atoms with Crippen LogP contribution in [0.5, 0.6) is 11.5 Å². The summed E-state index contributed by atoms with van der Waals surface area (Å²) in [7, 11) is -3.91. The third-order valence-electron chi connectivity index (χ3n) is 5.06. The number of hydrogen-bond acceptors (Lipinski definition) is 8. The van der Waals surface area contributed by atoms with Crippen molar-refractivity contribution in [1.82, 2.24) is 0 Å². The van der Waals surface area contributed by atoms with Gasteiger partial charge < -0.3 is 20.1 Å². The highest BCUT2D eigenvalue weighted by molar-refractivity contribution is 7.91. The molecule has 0 fully saturated rings. The Kier molecular flexibility index (Phi) is 9.34. The Morgan fingerprint density at radius 3 is 2.24 bits per heavy atom. The van der Waals surface area contributed by atoms with E-state index in [9.17, 15) is 33.0 Å². The number of ether oxygens (including phenoxy) is 1. The first-order valence-corrected chi connectivity index (χ1v) is 12.4. The maximum Gasteiger partial charge on any atom is 0.303 e. The average Bonchev–Trinajstić information content (AvgIpc) is 2.77. The number of aliphatic hydroxyl groups excluding tert-OH is 1. The zero-order valence-electron chi connectivity index (χ0n) is 19.0. The Bertz CT molecular complexity index is 1150. The lowest BCUT2D eigenvalue weighted by atomic mass is 10.0. The quantitative estimate of drug-likeness (QED) is 0.358. The molecule has 1 unspecified atom stereocenters. The summed E-state index contributed by atoms with van der Waals surface area (Å²) in [5, 5.41) is 29.3. The average molecular weight is 493 g/mol. The van der Waals surface area contributed by atoms with Gasteiger partial charge in [-0.2, -0.15) is 0 Å². The number of phenolic OH excluding ortho intramolecular Hbond substituents is 1. The van der Waals surface area contributed by atoms with Crippen LogP contribution in [0.2, 0.25) is 0 Å². The fourth-order valence-corrected chi connectivity index (χ4v) is 4.67. The van der Waals surface area contributed by atoms with Crippen LogP contribution in [-0.4, -0.2) is 59.7 Å². The van der Waals surface area contributed by atoms with Crippen molar-refractivity contribution in [2.45, 2.75) is 50.5 Å². The molecule has 2 rings (SSSR count). The predicted molar refractivity (Wildman–Crippen MR) is 123 cm³/mol. The molecule has 34 heavy (non-hydrogen) atoms. The Labute approximate surface area is 197 Å². The first-order chi connectivity index (χ1) is 16.0. The molecule has 0 spiro atoms. The van der Waals surface area contributed by atoms with Crippen LogP contribution in [0, 0.1) is 0 Å². The minimum Gasteiger partial charge on any atom is -0.507 e. The monoisotopic (exact) mass is 492 g/mol. The van der Waals surface area contributed by atoms with E-state index in [1.54, 1.807) is 0 Å². The standard InChI is InChI=1S/C24H28O9S/c1-3-4-20-22(11-9-19(15(2)25)24(20)30)33-13-17(26)14-34(31,32)18-7-5-16(6-8-18)21(27)10-12-23(28)29/h5-9,11,17,26,30H,3-4,10,12-14H2,1-2H3,(H,28,29). The van der Waals surface area contributed by atoms with Gasteiger partial charge in [-0.05, 0) is 37.6 Å². The number of aromatic hydroxyl groups is 1. The van der Waals surface area contributed by atoms with Gasteiger partial charge in [0.25, 0.3) is 0 Å². The molecule has 0 saturated carbocycles. The Balaban J connectivity index is 2.06. The van der Waals surface area contributed by atoms with Gasteiger partial charge in [0.2, 0.25) is 0 Å². The molecule has 2 aromatic carbocycles. The number of benzene rings is 2. The molecule has 3 N–H and O–H groups in total. The molecule has 0 aliphatic heterocycles. The van der Waals surface area contributed by atoms with Crippen molar-refractivity contribution < 1.29 is 42.9 Å². The van der Waals surface area contributed by atoms with Gasteiger partial charge in [0.05, 0.1) is 22.6 Å². The van der Waals surface area contributed by atoms with Crippen molar-refractivity contribution in [3.05, 3.63) is 53.1 Å². The summed E-state index contributed by atoms with van der Waals surface area (Å²) in [6.45, 7) is 2.86. The van der Waals surface area contributed by atoms with E-state index in [2.05, 4.69) is 0 Å². The number of sulfone groups is 1. The van der Waals surface area contributed by atoms with Gasteiger partial charge in [0.15, 0.2) is 21.4 Å². The zero-order chi connectivity index (χ0) is 25.5. The molecule has 0 bridgehead atoms. The highest BCUT2D eigenvalue weighted by Gasteiger charge is 2.22. The predicted octanol–water partition coefficient (Wildman–Crippen LogP) is 2.81. The van der Waals surface area contributed by atoms with Crippen LogP contribution in [0.4, 0.5) is 0 Å². The summed E-state index contributed by atoms with van der Waals surface area (Å²) in [6, 6.07) is 7.98. The number of carboxylic acid groups (broad SMARTS) is 1. The summed E-state index contributed by atoms with van der Waals surface area (Å²) in [5.74, 6) is -2.39. The van der Waals surface area contributed by atoms with E-state index in [0.717, 1.165) is 0 Å². The molecule has 0 amide bonds. The number of aliphatic carboxylic acids is 1. The smallest absolute Gasteiger partial charge is 0.303 e. The highest BCUT2D eigenvalue weighted by atomic mass is 32.2. The van der Waals surface area contributed by atoms with Gasteiger partial charge >= 0.3 is 5.97 Å². The number of ketones is 2. The fourth-order valence-electron chi connectivity index (χ4n) is 3.33. The zero-order valence-corrected chi connectivity index (χ0v) is 19.8. The second kappa shape index (κ2) is 11.8. The van der Waals surface area contributed by atoms with E-state index < -0.39 is 33.4 Å². The molecular weight excluding hydrogens is 464 g/mol. The number of hydrogen-bond donors (Lipinski definition) is 3. The third kappa shape index (κ3) is 7.13. The number of Topliss-reactive ketones (excluding diaryl/α,β-unsaturated/α-hetero) is 2. The number of aliphatic hydroxyl groups is 1. The number of rotatable bonds is 13. The van der Waals surface area contributed by atoms with Crippen molar-refractivity contribution in [3.63, 3.8) is 0 Å². The van der Waals surface area contributed by atoms with Gasteiger partial charge in [0, 0.05) is 17.5 Å². The van der Waals surface area contributed by atoms with Crippen LogP contribution in [0.1, 0.15) is 59.4 Å². The van der Waals surface area contributed by atoms with Gasteiger partial charge in [-0.3, -0.25) is 14.4 Å². The molecule has 1 atom stereocenters. The molecule has 0 heterocycles. The fraction of sp³-hybridized carbons (Fsp3) is 0.375. The molecule has 2 aromatic rings. The molecular formula is C24H28O9S. The molecule has 0 aliphatic carbocycles. The Hall–Kier alpha value is -3.24. The Morgan fingerprint density at radius 2 is 1.68 bits per heavy atom. The SMILES string of the molecule is CCCc1c(OCC(O)CS(=O)(=O)c2ccc(C(=O)CCC(=O)O)cc2)ccc(C(C)=O)c1O. The molecule has 0 aromatic heterocycles. The van der Waals surface area contributed by atoms with Crippen LogP contribution in [0.3, 0.4) is 0 Å². The first-order valence-electron chi connectivity index (χ1n) is 10.7. The second-order valence-electron chi connectivity index (χ2n) is 7.83. The lowest BCUT2D eigenvalue weighted by Gasteiger charge is -2.17. The minimum atomic E-state index is -3.91.